The third kappa shape index (κ3) is 3.85. The molecule has 0 bridgehead atoms. The van der Waals surface area contributed by atoms with Gasteiger partial charge in [-0.25, -0.2) is 4.28 Å². The van der Waals surface area contributed by atoms with Crippen molar-refractivity contribution in [1.29, 1.82) is 0 Å². The first kappa shape index (κ1) is 13.1. The van der Waals surface area contributed by atoms with Crippen molar-refractivity contribution in [3.8, 4) is 0 Å². The van der Waals surface area contributed by atoms with Gasteiger partial charge in [0.25, 0.3) is 0 Å². The van der Waals surface area contributed by atoms with E-state index in [1.54, 1.807) is 0 Å². The molecule has 2 aliphatic rings. The monoisotopic (exact) mass is 280 g/mol. The Kier molecular flexibility index (Phi) is 5.38. The van der Waals surface area contributed by atoms with E-state index in [4.69, 9.17) is 26.7 Å². The van der Waals surface area contributed by atoms with Crippen LogP contribution in [0, 0.1) is 0 Å². The van der Waals surface area contributed by atoms with Gasteiger partial charge in [-0.2, -0.15) is 5.06 Å². The molecule has 0 aromatic carbocycles. The third-order valence-corrected chi connectivity index (χ3v) is 4.28. The van der Waals surface area contributed by atoms with Gasteiger partial charge < -0.3 is 4.90 Å². The van der Waals surface area contributed by atoms with Gasteiger partial charge in [-0.3, -0.25) is 0 Å². The van der Waals surface area contributed by atoms with Crippen molar-refractivity contribution in [2.75, 3.05) is 26.2 Å². The predicted molar refractivity (Wildman–Crippen MR) is 74.6 cm³/mol. The molecule has 2 aliphatic heterocycles. The fraction of sp³-hybridized carbons (Fsp3) is 1.00. The molecule has 94 valence electrons. The number of likely N-dealkylation sites (tertiary alicyclic amines) is 1. The Hall–Kier alpha value is 0.670. The molecule has 16 heavy (non-hydrogen) atoms. The first-order valence-electron chi connectivity index (χ1n) is 6.07. The summed E-state index contributed by atoms with van der Waals surface area (Å²) in [7, 11) is -1.07. The second-order valence-corrected chi connectivity index (χ2v) is 7.86. The quantitative estimate of drug-likeness (QED) is 0.776. The third-order valence-electron chi connectivity index (χ3n) is 3.51. The topological polar surface area (TPSA) is 15.7 Å². The molecule has 0 unspecified atom stereocenters. The molecule has 0 aromatic heterocycles. The lowest BCUT2D eigenvalue weighted by Crippen LogP contribution is -2.46. The molecule has 0 aliphatic carbocycles. The number of hydroxylamine groups is 2. The van der Waals surface area contributed by atoms with Crippen molar-refractivity contribution in [2.45, 2.75) is 38.1 Å². The summed E-state index contributed by atoms with van der Waals surface area (Å²) in [5, 5.41) is 1.98. The van der Waals surface area contributed by atoms with Crippen LogP contribution in [-0.4, -0.2) is 42.2 Å². The molecule has 2 fully saturated rings. The SMILES string of the molecule is S=[SH](=S)ON1CCC(N2CCCCC2)CC1. The lowest BCUT2D eigenvalue weighted by molar-refractivity contribution is -0.0708. The summed E-state index contributed by atoms with van der Waals surface area (Å²) in [5.41, 5.74) is 0. The molecular weight excluding hydrogens is 260 g/mol. The summed E-state index contributed by atoms with van der Waals surface area (Å²) in [6.07, 6.45) is 6.57. The smallest absolute Gasteiger partial charge is 0.0278 e. The van der Waals surface area contributed by atoms with Gasteiger partial charge in [0, 0.05) is 27.4 Å². The predicted octanol–water partition coefficient (Wildman–Crippen LogP) is 1.06. The highest BCUT2D eigenvalue weighted by atomic mass is 33.1. The second kappa shape index (κ2) is 6.56. The van der Waals surface area contributed by atoms with Gasteiger partial charge in [0.15, 0.2) is 0 Å². The number of nitrogens with zero attached hydrogens (tertiary/aromatic N) is 2. The Bertz CT molecular complexity index is 274. The Balaban J connectivity index is 1.75. The van der Waals surface area contributed by atoms with E-state index < -0.39 is 8.29 Å². The summed E-state index contributed by atoms with van der Waals surface area (Å²) in [4.78, 5) is 2.66. The minimum absolute atomic E-state index is 0.765. The minimum atomic E-state index is -1.07. The molecule has 2 rings (SSSR count). The number of hydrogen-bond donors (Lipinski definition) is 1. The van der Waals surface area contributed by atoms with Gasteiger partial charge in [-0.15, -0.1) is 0 Å². The van der Waals surface area contributed by atoms with Crippen LogP contribution < -0.4 is 0 Å². The molecule has 6 heteroatoms. The normalized spacial score (nSPS) is 26.3. The average Bonchev–Trinajstić information content (AvgIpc) is 2.30. The highest BCUT2D eigenvalue weighted by Crippen LogP contribution is 2.20. The van der Waals surface area contributed by atoms with Crippen molar-refractivity contribution in [1.82, 2.24) is 9.96 Å². The van der Waals surface area contributed by atoms with Crippen LogP contribution in [0.5, 0.6) is 0 Å². The van der Waals surface area contributed by atoms with Gasteiger partial charge in [0.2, 0.25) is 0 Å². The van der Waals surface area contributed by atoms with Crippen molar-refractivity contribution in [3.05, 3.63) is 0 Å². The van der Waals surface area contributed by atoms with E-state index >= 15 is 0 Å². The Morgan fingerprint density at radius 1 is 0.938 bits per heavy atom. The second-order valence-electron chi connectivity index (χ2n) is 4.56. The number of piperidine rings is 2. The average molecular weight is 280 g/mol. The highest BCUT2D eigenvalue weighted by molar-refractivity contribution is 8.44. The summed E-state index contributed by atoms with van der Waals surface area (Å²) in [6, 6.07) is 0.765. The molecule has 2 heterocycles. The Labute approximate surface area is 109 Å². The van der Waals surface area contributed by atoms with Crippen LogP contribution in [0.1, 0.15) is 32.1 Å². The first-order chi connectivity index (χ1) is 7.75. The molecule has 0 radical (unpaired) electrons. The van der Waals surface area contributed by atoms with Crippen LogP contribution in [-0.2, 0) is 35.0 Å². The summed E-state index contributed by atoms with van der Waals surface area (Å²) in [6.45, 7) is 4.57. The van der Waals surface area contributed by atoms with Crippen molar-refractivity contribution >= 4 is 30.7 Å². The fourth-order valence-corrected chi connectivity index (χ4v) is 3.58. The molecule has 0 N–H and O–H groups in total. The largest absolute Gasteiger partial charge is 0.300 e. The summed E-state index contributed by atoms with van der Waals surface area (Å²) < 4.78 is 5.44. The van der Waals surface area contributed by atoms with E-state index in [0.717, 1.165) is 19.1 Å². The van der Waals surface area contributed by atoms with Crippen LogP contribution in [0.15, 0.2) is 0 Å². The number of hydrogen-bond acceptors (Lipinski definition) is 5. The van der Waals surface area contributed by atoms with Crippen molar-refractivity contribution in [2.24, 2.45) is 0 Å². The van der Waals surface area contributed by atoms with Gasteiger partial charge >= 0.3 is 0 Å². The van der Waals surface area contributed by atoms with Crippen molar-refractivity contribution in [3.63, 3.8) is 0 Å². The summed E-state index contributed by atoms with van der Waals surface area (Å²) in [5.74, 6) is 0. The summed E-state index contributed by atoms with van der Waals surface area (Å²) >= 11 is 9.84. The molecule has 0 spiro atoms. The standard InChI is InChI=1S/C10H20N2OS3/c14-16(15)13-12-8-4-10(5-9-12)11-6-2-1-3-7-11/h10,16H,1-9H2. The fourth-order valence-electron chi connectivity index (χ4n) is 2.67. The molecule has 0 aromatic rings. The first-order valence-corrected chi connectivity index (χ1v) is 9.36. The molecular formula is C10H20N2OS3. The van der Waals surface area contributed by atoms with Gasteiger partial charge in [-0.1, -0.05) is 6.42 Å². The number of rotatable bonds is 3. The van der Waals surface area contributed by atoms with Crippen molar-refractivity contribution < 1.29 is 4.28 Å². The highest BCUT2D eigenvalue weighted by Gasteiger charge is 2.25. The number of thiol groups is 1. The van der Waals surface area contributed by atoms with E-state index in [0.29, 0.717) is 0 Å². The van der Waals surface area contributed by atoms with Gasteiger partial charge in [-0.05, 0) is 61.1 Å². The van der Waals surface area contributed by atoms with Crippen LogP contribution >= 0.6 is 0 Å². The molecule has 0 atom stereocenters. The molecule has 2 saturated heterocycles. The van der Waals surface area contributed by atoms with E-state index in [2.05, 4.69) is 4.90 Å². The van der Waals surface area contributed by atoms with Crippen LogP contribution in [0.2, 0.25) is 0 Å². The minimum Gasteiger partial charge on any atom is -0.300 e. The molecule has 0 saturated carbocycles. The van der Waals surface area contributed by atoms with Crippen LogP contribution in [0.25, 0.3) is 0 Å². The van der Waals surface area contributed by atoms with Crippen LogP contribution in [0.4, 0.5) is 0 Å². The zero-order valence-corrected chi connectivity index (χ0v) is 12.0. The van der Waals surface area contributed by atoms with Crippen LogP contribution in [0.3, 0.4) is 0 Å². The lowest BCUT2D eigenvalue weighted by Gasteiger charge is -2.39. The zero-order valence-electron chi connectivity index (χ0n) is 9.51. The molecule has 0 amide bonds. The Morgan fingerprint density at radius 3 is 2.12 bits per heavy atom. The van der Waals surface area contributed by atoms with Gasteiger partial charge in [0.05, 0.1) is 0 Å². The van der Waals surface area contributed by atoms with E-state index in [-0.39, 0.29) is 0 Å². The van der Waals surface area contributed by atoms with E-state index in [1.807, 2.05) is 5.06 Å². The maximum Gasteiger partial charge on any atom is 0.0278 e. The van der Waals surface area contributed by atoms with Gasteiger partial charge in [0.1, 0.15) is 0 Å². The maximum absolute atomic E-state index is 5.44. The maximum atomic E-state index is 5.44. The van der Waals surface area contributed by atoms with E-state index in [1.165, 1.54) is 45.2 Å². The lowest BCUT2D eigenvalue weighted by atomic mass is 10.0. The van der Waals surface area contributed by atoms with E-state index in [9.17, 15) is 0 Å². The molecule has 3 nitrogen and oxygen atoms in total. The Morgan fingerprint density at radius 2 is 1.56 bits per heavy atom. The zero-order chi connectivity index (χ0) is 11.4.